The van der Waals surface area contributed by atoms with Crippen molar-refractivity contribution in [3.05, 3.63) is 35.4 Å². The molecule has 0 spiro atoms. The zero-order chi connectivity index (χ0) is 10.6. The summed E-state index contributed by atoms with van der Waals surface area (Å²) in [6.45, 7) is 0. The summed E-state index contributed by atoms with van der Waals surface area (Å²) in [6.07, 6.45) is -2.65. The molecule has 0 fully saturated rings. The van der Waals surface area contributed by atoms with E-state index in [9.17, 15) is 0 Å². The molecule has 0 aromatic heterocycles. The van der Waals surface area contributed by atoms with E-state index in [4.69, 9.17) is 20.2 Å². The Labute approximate surface area is 81.1 Å². The van der Waals surface area contributed by atoms with E-state index >= 15 is 0 Å². The van der Waals surface area contributed by atoms with Crippen LogP contribution in [0.4, 0.5) is 0 Å². The van der Waals surface area contributed by atoms with E-state index in [1.807, 2.05) is 0 Å². The van der Waals surface area contributed by atoms with Crippen molar-refractivity contribution in [2.24, 2.45) is 0 Å². The maximum Gasteiger partial charge on any atom is 0.217 e. The molecule has 1 aromatic rings. The molecule has 0 aliphatic heterocycles. The molecule has 0 radical (unpaired) electrons. The summed E-state index contributed by atoms with van der Waals surface area (Å²) >= 11 is 0. The van der Waals surface area contributed by atoms with Crippen LogP contribution in [0.3, 0.4) is 0 Å². The third-order valence-electron chi connectivity index (χ3n) is 1.84. The minimum Gasteiger partial charge on any atom is -0.364 e. The quantitative estimate of drug-likeness (QED) is 0.380. The molecule has 0 bridgehead atoms. The molecule has 3 N–H and O–H groups in total. The fraction of sp³-hybridized carbons (Fsp3) is 0.333. The lowest BCUT2D eigenvalue weighted by atomic mass is 10.1. The van der Waals surface area contributed by atoms with Crippen LogP contribution >= 0.6 is 0 Å². The second-order valence-corrected chi connectivity index (χ2v) is 2.68. The van der Waals surface area contributed by atoms with Gasteiger partial charge in [-0.25, -0.2) is 10.1 Å². The van der Waals surface area contributed by atoms with Gasteiger partial charge in [0.05, 0.1) is 0 Å². The van der Waals surface area contributed by atoms with Crippen molar-refractivity contribution in [2.45, 2.75) is 12.6 Å². The Balaban J connectivity index is 3.05. The van der Waals surface area contributed by atoms with Gasteiger partial charge in [-0.1, -0.05) is 24.3 Å². The average molecular weight is 200 g/mol. The molecular formula is C9H12O5. The lowest BCUT2D eigenvalue weighted by Gasteiger charge is -2.16. The molecule has 0 amide bonds. The number of hydrogen-bond donors (Lipinski definition) is 3. The van der Waals surface area contributed by atoms with Crippen LogP contribution in [0.15, 0.2) is 24.3 Å². The average Bonchev–Trinajstić information content (AvgIpc) is 2.20. The number of ether oxygens (including phenoxy) is 1. The maximum atomic E-state index is 9.01. The van der Waals surface area contributed by atoms with Gasteiger partial charge in [-0.2, -0.15) is 0 Å². The van der Waals surface area contributed by atoms with Crippen LogP contribution in [0, 0.1) is 0 Å². The Morgan fingerprint density at radius 2 is 1.71 bits per heavy atom. The van der Waals surface area contributed by atoms with Gasteiger partial charge >= 0.3 is 0 Å². The van der Waals surface area contributed by atoms with E-state index in [2.05, 4.69) is 4.89 Å². The van der Waals surface area contributed by atoms with Gasteiger partial charge in [-0.15, -0.1) is 0 Å². The normalized spacial score (nSPS) is 13.2. The monoisotopic (exact) mass is 200 g/mol. The van der Waals surface area contributed by atoms with E-state index in [1.54, 1.807) is 18.2 Å². The summed E-state index contributed by atoms with van der Waals surface area (Å²) in [5.74, 6) is 0. The lowest BCUT2D eigenvalue weighted by Crippen LogP contribution is -2.09. The van der Waals surface area contributed by atoms with Crippen molar-refractivity contribution < 1.29 is 25.1 Å². The van der Waals surface area contributed by atoms with Crippen LogP contribution < -0.4 is 0 Å². The highest BCUT2D eigenvalue weighted by molar-refractivity contribution is 5.28. The SMILES string of the molecule is COC(OO)c1ccccc1C(O)O. The van der Waals surface area contributed by atoms with E-state index in [-0.39, 0.29) is 5.56 Å². The molecule has 0 saturated carbocycles. The van der Waals surface area contributed by atoms with Gasteiger partial charge < -0.3 is 14.9 Å². The molecular weight excluding hydrogens is 188 g/mol. The van der Waals surface area contributed by atoms with Gasteiger partial charge in [-0.3, -0.25) is 0 Å². The van der Waals surface area contributed by atoms with E-state index in [1.165, 1.54) is 13.2 Å². The number of aliphatic hydroxyl groups excluding tert-OH is 1. The minimum absolute atomic E-state index is 0.230. The van der Waals surface area contributed by atoms with Gasteiger partial charge in [0.15, 0.2) is 6.29 Å². The summed E-state index contributed by atoms with van der Waals surface area (Å²) in [5.41, 5.74) is 0.598. The summed E-state index contributed by atoms with van der Waals surface area (Å²) in [7, 11) is 1.33. The predicted molar refractivity (Wildman–Crippen MR) is 47.1 cm³/mol. The molecule has 1 aromatic carbocycles. The smallest absolute Gasteiger partial charge is 0.217 e. The molecule has 1 unspecified atom stereocenters. The Kier molecular flexibility index (Phi) is 3.99. The first-order valence-corrected chi connectivity index (χ1v) is 3.98. The van der Waals surface area contributed by atoms with E-state index in [0.717, 1.165) is 0 Å². The number of benzene rings is 1. The number of hydrogen-bond acceptors (Lipinski definition) is 5. The van der Waals surface area contributed by atoms with Crippen molar-refractivity contribution in [3.8, 4) is 0 Å². The van der Waals surface area contributed by atoms with Crippen LogP contribution in [-0.2, 0) is 9.62 Å². The van der Waals surface area contributed by atoms with Crippen molar-refractivity contribution in [2.75, 3.05) is 7.11 Å². The van der Waals surface area contributed by atoms with Crippen LogP contribution in [0.25, 0.3) is 0 Å². The third-order valence-corrected chi connectivity index (χ3v) is 1.84. The van der Waals surface area contributed by atoms with Gasteiger partial charge in [0, 0.05) is 18.2 Å². The molecule has 1 atom stereocenters. The first-order chi connectivity index (χ1) is 6.70. The molecule has 5 heteroatoms. The van der Waals surface area contributed by atoms with Gasteiger partial charge in [0.1, 0.15) is 0 Å². The molecule has 1 rings (SSSR count). The van der Waals surface area contributed by atoms with Gasteiger partial charge in [0.25, 0.3) is 0 Å². The number of rotatable bonds is 4. The topological polar surface area (TPSA) is 79.2 Å². The largest absolute Gasteiger partial charge is 0.364 e. The fourth-order valence-corrected chi connectivity index (χ4v) is 1.19. The van der Waals surface area contributed by atoms with Crippen molar-refractivity contribution in [1.29, 1.82) is 0 Å². The number of methoxy groups -OCH3 is 1. The Hall–Kier alpha value is -0.980. The summed E-state index contributed by atoms with van der Waals surface area (Å²) in [5, 5.41) is 26.5. The van der Waals surface area contributed by atoms with Crippen LogP contribution in [0.5, 0.6) is 0 Å². The lowest BCUT2D eigenvalue weighted by molar-refractivity contribution is -0.346. The van der Waals surface area contributed by atoms with Gasteiger partial charge in [-0.05, 0) is 0 Å². The Morgan fingerprint density at radius 1 is 1.14 bits per heavy atom. The fourth-order valence-electron chi connectivity index (χ4n) is 1.19. The highest BCUT2D eigenvalue weighted by atomic mass is 17.1. The molecule has 14 heavy (non-hydrogen) atoms. The first-order valence-electron chi connectivity index (χ1n) is 3.98. The molecule has 0 saturated heterocycles. The summed E-state index contributed by atoms with van der Waals surface area (Å²) in [4.78, 5) is 4.03. The van der Waals surface area contributed by atoms with Crippen LogP contribution in [0.2, 0.25) is 0 Å². The van der Waals surface area contributed by atoms with Crippen LogP contribution in [-0.4, -0.2) is 22.6 Å². The summed E-state index contributed by atoms with van der Waals surface area (Å²) in [6, 6.07) is 6.39. The molecule has 0 heterocycles. The Bertz CT molecular complexity index is 282. The minimum atomic E-state index is -1.63. The van der Waals surface area contributed by atoms with E-state index in [0.29, 0.717) is 5.56 Å². The number of aliphatic hydroxyl groups is 2. The van der Waals surface area contributed by atoms with Gasteiger partial charge in [0.2, 0.25) is 6.29 Å². The molecule has 0 aliphatic carbocycles. The molecule has 78 valence electrons. The predicted octanol–water partition coefficient (Wildman–Crippen LogP) is 0.804. The molecule has 5 nitrogen and oxygen atoms in total. The van der Waals surface area contributed by atoms with Crippen molar-refractivity contribution in [3.63, 3.8) is 0 Å². The Morgan fingerprint density at radius 3 is 2.14 bits per heavy atom. The standard InChI is InChI=1S/C9H12O5/c1-13-9(14-12)7-5-3-2-4-6(7)8(10)11/h2-5,8-12H,1H3. The van der Waals surface area contributed by atoms with E-state index < -0.39 is 12.6 Å². The second kappa shape index (κ2) is 5.04. The highest BCUT2D eigenvalue weighted by Gasteiger charge is 2.17. The third kappa shape index (κ3) is 2.28. The zero-order valence-electron chi connectivity index (χ0n) is 7.62. The first kappa shape index (κ1) is 11.1. The van der Waals surface area contributed by atoms with Crippen molar-refractivity contribution >= 4 is 0 Å². The summed E-state index contributed by atoms with van der Waals surface area (Å²) < 4.78 is 4.78. The maximum absolute atomic E-state index is 9.01. The highest BCUT2D eigenvalue weighted by Crippen LogP contribution is 2.24. The molecule has 0 aliphatic rings. The second-order valence-electron chi connectivity index (χ2n) is 2.68. The van der Waals surface area contributed by atoms with Crippen LogP contribution in [0.1, 0.15) is 23.7 Å². The van der Waals surface area contributed by atoms with Crippen molar-refractivity contribution in [1.82, 2.24) is 0 Å². The zero-order valence-corrected chi connectivity index (χ0v) is 7.62.